The summed E-state index contributed by atoms with van der Waals surface area (Å²) < 4.78 is 1.70. The quantitative estimate of drug-likeness (QED) is 0.761. The molecule has 130 valence electrons. The van der Waals surface area contributed by atoms with Crippen LogP contribution in [0.25, 0.3) is 5.78 Å². The molecule has 3 aromatic rings. The number of nitrogens with zero attached hydrogens (tertiary/aromatic N) is 4. The molecule has 0 aliphatic carbocycles. The fourth-order valence-corrected chi connectivity index (χ4v) is 3.03. The third kappa shape index (κ3) is 3.79. The summed E-state index contributed by atoms with van der Waals surface area (Å²) in [4.78, 5) is 20.9. The fraction of sp³-hybridized carbons (Fsp3) is 0.333. The van der Waals surface area contributed by atoms with Gasteiger partial charge in [-0.2, -0.15) is 10.1 Å². The summed E-state index contributed by atoms with van der Waals surface area (Å²) in [5.41, 5.74) is 3.92. The molecular formula is C18H20ClN5O. The number of nitrogens with one attached hydrogen (secondary N) is 1. The van der Waals surface area contributed by atoms with E-state index in [-0.39, 0.29) is 11.9 Å². The Bertz CT molecular complexity index is 904. The number of carbonyl (C=O) groups is 1. The highest BCUT2D eigenvalue weighted by Crippen LogP contribution is 2.17. The van der Waals surface area contributed by atoms with Crippen LogP contribution in [0.2, 0.25) is 5.02 Å². The van der Waals surface area contributed by atoms with Gasteiger partial charge in [-0.25, -0.2) is 9.50 Å². The Morgan fingerprint density at radius 3 is 2.72 bits per heavy atom. The van der Waals surface area contributed by atoms with Gasteiger partial charge in [-0.05, 0) is 50.5 Å². The second kappa shape index (κ2) is 7.19. The lowest BCUT2D eigenvalue weighted by molar-refractivity contribution is -0.121. The molecule has 1 amide bonds. The minimum absolute atomic E-state index is 0.0000581. The smallest absolute Gasteiger partial charge is 0.252 e. The molecule has 0 aliphatic heterocycles. The van der Waals surface area contributed by atoms with Gasteiger partial charge in [0.05, 0.1) is 6.04 Å². The van der Waals surface area contributed by atoms with Crippen molar-refractivity contribution in [2.45, 2.75) is 39.7 Å². The normalized spacial score (nSPS) is 12.3. The van der Waals surface area contributed by atoms with Crippen LogP contribution in [0.3, 0.4) is 0 Å². The average molecular weight is 358 g/mol. The topological polar surface area (TPSA) is 72.2 Å². The van der Waals surface area contributed by atoms with Crippen molar-refractivity contribution in [2.75, 3.05) is 0 Å². The van der Waals surface area contributed by atoms with E-state index in [4.69, 9.17) is 11.6 Å². The van der Waals surface area contributed by atoms with E-state index in [1.54, 1.807) is 4.52 Å². The first kappa shape index (κ1) is 17.4. The van der Waals surface area contributed by atoms with Gasteiger partial charge >= 0.3 is 0 Å². The molecule has 0 aliphatic rings. The second-order valence-corrected chi connectivity index (χ2v) is 6.51. The van der Waals surface area contributed by atoms with Crippen molar-refractivity contribution < 1.29 is 4.79 Å². The lowest BCUT2D eigenvalue weighted by atomic mass is 10.1. The van der Waals surface area contributed by atoms with Gasteiger partial charge in [0.2, 0.25) is 5.91 Å². The average Bonchev–Trinajstić information content (AvgIpc) is 3.03. The van der Waals surface area contributed by atoms with E-state index >= 15 is 0 Å². The molecule has 0 fully saturated rings. The number of aromatic nitrogens is 4. The maximum atomic E-state index is 12.3. The Balaban J connectivity index is 1.65. The van der Waals surface area contributed by atoms with E-state index in [1.807, 2.05) is 45.0 Å². The molecule has 2 heterocycles. The Labute approximate surface area is 151 Å². The molecule has 0 unspecified atom stereocenters. The Kier molecular flexibility index (Phi) is 4.99. The van der Waals surface area contributed by atoms with Gasteiger partial charge < -0.3 is 5.32 Å². The van der Waals surface area contributed by atoms with Crippen molar-refractivity contribution in [1.29, 1.82) is 0 Å². The van der Waals surface area contributed by atoms with Crippen LogP contribution in [0.1, 0.15) is 41.9 Å². The molecule has 0 saturated heterocycles. The molecule has 1 atom stereocenters. The summed E-state index contributed by atoms with van der Waals surface area (Å²) in [6.07, 6.45) is 2.49. The number of rotatable bonds is 5. The number of hydrogen-bond acceptors (Lipinski definition) is 4. The molecule has 1 N–H and O–H groups in total. The number of amides is 1. The first-order chi connectivity index (χ1) is 12.0. The van der Waals surface area contributed by atoms with Crippen molar-refractivity contribution >= 4 is 23.3 Å². The zero-order valence-corrected chi connectivity index (χ0v) is 15.2. The highest BCUT2D eigenvalue weighted by atomic mass is 35.5. The van der Waals surface area contributed by atoms with Crippen molar-refractivity contribution in [3.8, 4) is 0 Å². The van der Waals surface area contributed by atoms with Crippen LogP contribution < -0.4 is 5.32 Å². The molecule has 1 aromatic carbocycles. The first-order valence-corrected chi connectivity index (χ1v) is 8.54. The molecule has 0 spiro atoms. The van der Waals surface area contributed by atoms with Crippen LogP contribution in [0, 0.1) is 13.8 Å². The van der Waals surface area contributed by atoms with Crippen LogP contribution in [0.5, 0.6) is 0 Å². The van der Waals surface area contributed by atoms with Crippen LogP contribution >= 0.6 is 11.6 Å². The first-order valence-electron chi connectivity index (χ1n) is 8.16. The van der Waals surface area contributed by atoms with Gasteiger partial charge in [-0.3, -0.25) is 4.79 Å². The van der Waals surface area contributed by atoms with E-state index in [0.717, 1.165) is 22.5 Å². The number of fused-ring (bicyclic) bond motifs is 1. The third-order valence-corrected chi connectivity index (χ3v) is 4.59. The number of carbonyl (C=O) groups excluding carboxylic acids is 1. The summed E-state index contributed by atoms with van der Waals surface area (Å²) in [5.74, 6) is 0.583. The summed E-state index contributed by atoms with van der Waals surface area (Å²) >= 11 is 5.90. The predicted molar refractivity (Wildman–Crippen MR) is 96.6 cm³/mol. The van der Waals surface area contributed by atoms with Gasteiger partial charge in [-0.1, -0.05) is 23.7 Å². The summed E-state index contributed by atoms with van der Waals surface area (Å²) in [6.45, 7) is 5.87. The number of aryl methyl sites for hydroxylation is 2. The van der Waals surface area contributed by atoms with Crippen LogP contribution in [-0.2, 0) is 11.2 Å². The van der Waals surface area contributed by atoms with E-state index in [1.165, 1.54) is 6.33 Å². The molecule has 0 bridgehead atoms. The maximum Gasteiger partial charge on any atom is 0.252 e. The largest absolute Gasteiger partial charge is 0.350 e. The molecule has 0 radical (unpaired) electrons. The van der Waals surface area contributed by atoms with Crippen molar-refractivity contribution in [3.05, 3.63) is 58.1 Å². The second-order valence-electron chi connectivity index (χ2n) is 6.07. The predicted octanol–water partition coefficient (Wildman–Crippen LogP) is 3.20. The van der Waals surface area contributed by atoms with E-state index in [2.05, 4.69) is 20.4 Å². The van der Waals surface area contributed by atoms with Gasteiger partial charge in [0.1, 0.15) is 6.33 Å². The maximum absolute atomic E-state index is 12.3. The minimum atomic E-state index is -0.0668. The lowest BCUT2D eigenvalue weighted by Gasteiger charge is -2.15. The summed E-state index contributed by atoms with van der Waals surface area (Å²) in [5, 5.41) is 7.88. The highest BCUT2D eigenvalue weighted by Gasteiger charge is 2.14. The standard InChI is InChI=1S/C18H20ClN5O/c1-11(14-4-6-15(19)7-5-14)22-17(25)9-8-16-12(2)23-18-20-10-21-24(18)13(16)3/h4-7,10-11H,8-9H2,1-3H3,(H,22,25)/t11-/m1/s1. The Morgan fingerprint density at radius 2 is 2.00 bits per heavy atom. The van der Waals surface area contributed by atoms with Crippen molar-refractivity contribution in [3.63, 3.8) is 0 Å². The molecule has 6 nitrogen and oxygen atoms in total. The monoisotopic (exact) mass is 357 g/mol. The number of halogens is 1. The van der Waals surface area contributed by atoms with Crippen LogP contribution in [0.4, 0.5) is 0 Å². The van der Waals surface area contributed by atoms with Gasteiger partial charge in [0.25, 0.3) is 5.78 Å². The van der Waals surface area contributed by atoms with Crippen molar-refractivity contribution in [1.82, 2.24) is 24.9 Å². The van der Waals surface area contributed by atoms with E-state index in [9.17, 15) is 4.79 Å². The van der Waals surface area contributed by atoms with E-state index < -0.39 is 0 Å². The van der Waals surface area contributed by atoms with Gasteiger partial charge in [-0.15, -0.1) is 0 Å². The minimum Gasteiger partial charge on any atom is -0.350 e. The number of benzene rings is 1. The van der Waals surface area contributed by atoms with Gasteiger partial charge in [0, 0.05) is 22.8 Å². The number of hydrogen-bond donors (Lipinski definition) is 1. The zero-order valence-electron chi connectivity index (χ0n) is 14.5. The van der Waals surface area contributed by atoms with Crippen LogP contribution in [0.15, 0.2) is 30.6 Å². The lowest BCUT2D eigenvalue weighted by Crippen LogP contribution is -2.27. The molecule has 7 heteroatoms. The van der Waals surface area contributed by atoms with Gasteiger partial charge in [0.15, 0.2) is 0 Å². The summed E-state index contributed by atoms with van der Waals surface area (Å²) in [6, 6.07) is 7.42. The zero-order chi connectivity index (χ0) is 18.0. The van der Waals surface area contributed by atoms with E-state index in [0.29, 0.717) is 23.6 Å². The highest BCUT2D eigenvalue weighted by molar-refractivity contribution is 6.30. The SMILES string of the molecule is Cc1nc2ncnn2c(C)c1CCC(=O)N[C@H](C)c1ccc(Cl)cc1. The third-order valence-electron chi connectivity index (χ3n) is 4.34. The molecule has 0 saturated carbocycles. The molecule has 25 heavy (non-hydrogen) atoms. The van der Waals surface area contributed by atoms with Crippen LogP contribution in [-0.4, -0.2) is 25.5 Å². The summed E-state index contributed by atoms with van der Waals surface area (Å²) in [7, 11) is 0. The molecule has 3 rings (SSSR count). The molecule has 2 aromatic heterocycles. The Morgan fingerprint density at radius 1 is 1.28 bits per heavy atom. The molecular weight excluding hydrogens is 338 g/mol. The van der Waals surface area contributed by atoms with Crippen molar-refractivity contribution in [2.24, 2.45) is 0 Å². The Hall–Kier alpha value is -2.47. The fourth-order valence-electron chi connectivity index (χ4n) is 2.90.